The zero-order valence-corrected chi connectivity index (χ0v) is 12.6. The molecule has 0 aliphatic rings. The molecule has 0 heterocycles. The molecule has 0 fully saturated rings. The Morgan fingerprint density at radius 1 is 1.12 bits per heavy atom. The first-order chi connectivity index (χ1) is 7.74. The summed E-state index contributed by atoms with van der Waals surface area (Å²) in [4.78, 5) is 2.52. The summed E-state index contributed by atoms with van der Waals surface area (Å²) in [5.74, 6) is 0. The van der Waals surface area contributed by atoms with Crippen LogP contribution >= 0.6 is 0 Å². The molecular formula is C14H23NSe. The second-order valence-electron chi connectivity index (χ2n) is 3.87. The molecule has 0 spiro atoms. The third-order valence-electron chi connectivity index (χ3n) is 3.03. The maximum atomic E-state index is 2.52. The van der Waals surface area contributed by atoms with Crippen molar-refractivity contribution < 1.29 is 0 Å². The van der Waals surface area contributed by atoms with E-state index in [1.807, 2.05) is 0 Å². The summed E-state index contributed by atoms with van der Waals surface area (Å²) in [6, 6.07) is 9.50. The van der Waals surface area contributed by atoms with Gasteiger partial charge in [-0.3, -0.25) is 0 Å². The van der Waals surface area contributed by atoms with Gasteiger partial charge in [0.15, 0.2) is 0 Å². The van der Waals surface area contributed by atoms with E-state index in [4.69, 9.17) is 0 Å². The summed E-state index contributed by atoms with van der Waals surface area (Å²) in [6.07, 6.45) is 0. The Kier molecular flexibility index (Phi) is 6.12. The summed E-state index contributed by atoms with van der Waals surface area (Å²) in [6.45, 7) is 11.4. The van der Waals surface area contributed by atoms with Crippen molar-refractivity contribution in [1.82, 2.24) is 4.90 Å². The Balaban J connectivity index is 2.92. The summed E-state index contributed by atoms with van der Waals surface area (Å²) in [5, 5.41) is 1.29. The monoisotopic (exact) mass is 285 g/mol. The SMILES string of the molecule is CC[Se]c1ccccc1[C@@H](C)N(CC)CC. The average molecular weight is 284 g/mol. The van der Waals surface area contributed by atoms with E-state index < -0.39 is 0 Å². The molecule has 2 heteroatoms. The summed E-state index contributed by atoms with van der Waals surface area (Å²) < 4.78 is 1.58. The third-order valence-corrected chi connectivity index (χ3v) is 5.07. The van der Waals surface area contributed by atoms with Crippen LogP contribution in [0.5, 0.6) is 0 Å². The van der Waals surface area contributed by atoms with E-state index in [0.29, 0.717) is 21.0 Å². The van der Waals surface area contributed by atoms with Gasteiger partial charge < -0.3 is 0 Å². The predicted octanol–water partition coefficient (Wildman–Crippen LogP) is 2.86. The molecule has 1 atom stereocenters. The second-order valence-corrected chi connectivity index (χ2v) is 6.61. The van der Waals surface area contributed by atoms with Crippen molar-refractivity contribution in [2.75, 3.05) is 13.1 Å². The van der Waals surface area contributed by atoms with Crippen LogP contribution < -0.4 is 4.46 Å². The summed E-state index contributed by atoms with van der Waals surface area (Å²) in [5.41, 5.74) is 1.54. The first-order valence-electron chi connectivity index (χ1n) is 6.20. The molecule has 1 aromatic carbocycles. The number of hydrogen-bond donors (Lipinski definition) is 0. The van der Waals surface area contributed by atoms with E-state index in [-0.39, 0.29) is 0 Å². The molecule has 0 saturated heterocycles. The second kappa shape index (κ2) is 7.11. The van der Waals surface area contributed by atoms with Gasteiger partial charge in [-0.2, -0.15) is 0 Å². The van der Waals surface area contributed by atoms with Gasteiger partial charge >= 0.3 is 106 Å². The van der Waals surface area contributed by atoms with E-state index >= 15 is 0 Å². The van der Waals surface area contributed by atoms with Crippen molar-refractivity contribution in [3.05, 3.63) is 29.8 Å². The van der Waals surface area contributed by atoms with Crippen LogP contribution in [-0.4, -0.2) is 32.9 Å². The zero-order valence-electron chi connectivity index (χ0n) is 10.9. The van der Waals surface area contributed by atoms with Crippen molar-refractivity contribution in [3.63, 3.8) is 0 Å². The first kappa shape index (κ1) is 13.8. The van der Waals surface area contributed by atoms with Crippen LogP contribution in [0.2, 0.25) is 5.32 Å². The maximum absolute atomic E-state index is 2.52. The van der Waals surface area contributed by atoms with Crippen LogP contribution in [0.25, 0.3) is 0 Å². The fourth-order valence-electron chi connectivity index (χ4n) is 2.08. The van der Waals surface area contributed by atoms with Crippen molar-refractivity contribution in [3.8, 4) is 0 Å². The van der Waals surface area contributed by atoms with Crippen LogP contribution in [0.15, 0.2) is 24.3 Å². The van der Waals surface area contributed by atoms with Crippen LogP contribution in [0.4, 0.5) is 0 Å². The van der Waals surface area contributed by atoms with E-state index in [1.165, 1.54) is 10.9 Å². The molecule has 16 heavy (non-hydrogen) atoms. The molecule has 0 unspecified atom stereocenters. The van der Waals surface area contributed by atoms with Crippen molar-refractivity contribution in [2.45, 2.75) is 39.1 Å². The van der Waals surface area contributed by atoms with Crippen LogP contribution in [0.1, 0.15) is 39.3 Å². The van der Waals surface area contributed by atoms with E-state index in [9.17, 15) is 0 Å². The summed E-state index contributed by atoms with van der Waals surface area (Å²) >= 11 is 0.637. The molecule has 0 aromatic heterocycles. The van der Waals surface area contributed by atoms with E-state index in [0.717, 1.165) is 13.1 Å². The minimum absolute atomic E-state index is 0.555. The standard InChI is InChI=1S/C14H23NSe/c1-5-15(6-2)12(4)13-10-8-9-11-14(13)16-7-3/h8-12H,5-7H2,1-4H3/t12-/m1/s1. The molecular weight excluding hydrogens is 261 g/mol. The van der Waals surface area contributed by atoms with E-state index in [2.05, 4.69) is 56.9 Å². The first-order valence-corrected chi connectivity index (χ1v) is 8.27. The third kappa shape index (κ3) is 3.35. The van der Waals surface area contributed by atoms with Crippen LogP contribution in [0.3, 0.4) is 0 Å². The number of benzene rings is 1. The Hall–Kier alpha value is -0.301. The van der Waals surface area contributed by atoms with Crippen LogP contribution in [-0.2, 0) is 0 Å². The topological polar surface area (TPSA) is 3.24 Å². The zero-order chi connectivity index (χ0) is 12.0. The fraction of sp³-hybridized carbons (Fsp3) is 0.571. The van der Waals surface area contributed by atoms with Gasteiger partial charge in [-0.1, -0.05) is 0 Å². The Morgan fingerprint density at radius 2 is 1.75 bits per heavy atom. The van der Waals surface area contributed by atoms with E-state index in [1.54, 1.807) is 4.46 Å². The molecule has 0 bridgehead atoms. The molecule has 1 rings (SSSR count). The predicted molar refractivity (Wildman–Crippen MR) is 73.6 cm³/mol. The molecule has 0 saturated carbocycles. The number of nitrogens with zero attached hydrogens (tertiary/aromatic N) is 1. The molecule has 1 aromatic rings. The Bertz CT molecular complexity index is 307. The molecule has 0 N–H and O–H groups in total. The van der Waals surface area contributed by atoms with Gasteiger partial charge in [0.2, 0.25) is 0 Å². The molecule has 0 aliphatic heterocycles. The van der Waals surface area contributed by atoms with Gasteiger partial charge in [0.1, 0.15) is 0 Å². The van der Waals surface area contributed by atoms with Crippen molar-refractivity contribution >= 4 is 19.4 Å². The minimum atomic E-state index is 0.555. The normalized spacial score (nSPS) is 13.1. The quantitative estimate of drug-likeness (QED) is 0.726. The Morgan fingerprint density at radius 3 is 2.31 bits per heavy atom. The Labute approximate surface area is 106 Å². The van der Waals surface area contributed by atoms with Gasteiger partial charge in [0.25, 0.3) is 0 Å². The molecule has 0 amide bonds. The molecule has 90 valence electrons. The van der Waals surface area contributed by atoms with Gasteiger partial charge in [-0.25, -0.2) is 0 Å². The molecule has 0 aliphatic carbocycles. The van der Waals surface area contributed by atoms with Crippen molar-refractivity contribution in [1.29, 1.82) is 0 Å². The van der Waals surface area contributed by atoms with Crippen molar-refractivity contribution in [2.24, 2.45) is 0 Å². The van der Waals surface area contributed by atoms with Gasteiger partial charge in [-0.15, -0.1) is 0 Å². The number of hydrogen-bond acceptors (Lipinski definition) is 1. The van der Waals surface area contributed by atoms with Gasteiger partial charge in [0, 0.05) is 0 Å². The number of rotatable bonds is 6. The van der Waals surface area contributed by atoms with Crippen LogP contribution in [0, 0.1) is 0 Å². The molecule has 1 nitrogen and oxygen atoms in total. The van der Waals surface area contributed by atoms with Gasteiger partial charge in [0.05, 0.1) is 0 Å². The fourth-order valence-corrected chi connectivity index (χ4v) is 3.95. The summed E-state index contributed by atoms with van der Waals surface area (Å²) in [7, 11) is 0. The molecule has 0 radical (unpaired) electrons. The van der Waals surface area contributed by atoms with Gasteiger partial charge in [-0.05, 0) is 0 Å². The average Bonchev–Trinajstić information content (AvgIpc) is 2.31.